The smallest absolute Gasteiger partial charge is 0.146 e. The van der Waals surface area contributed by atoms with E-state index in [1.54, 1.807) is 0 Å². The van der Waals surface area contributed by atoms with Crippen LogP contribution in [0.25, 0.3) is 0 Å². The molecule has 1 aromatic heterocycles. The summed E-state index contributed by atoms with van der Waals surface area (Å²) in [6.07, 6.45) is 1.87. The summed E-state index contributed by atoms with van der Waals surface area (Å²) in [6.45, 7) is 5.53. The summed E-state index contributed by atoms with van der Waals surface area (Å²) in [5.74, 6) is 1.75. The zero-order valence-corrected chi connectivity index (χ0v) is 10.7. The van der Waals surface area contributed by atoms with E-state index < -0.39 is 0 Å². The first kappa shape index (κ1) is 12.0. The molecule has 17 heavy (non-hydrogen) atoms. The van der Waals surface area contributed by atoms with Crippen molar-refractivity contribution in [2.45, 2.75) is 27.0 Å². The van der Waals surface area contributed by atoms with Crippen molar-refractivity contribution in [3.63, 3.8) is 0 Å². The van der Waals surface area contributed by atoms with Gasteiger partial charge in [0, 0.05) is 23.5 Å². The van der Waals surface area contributed by atoms with Crippen LogP contribution in [0.5, 0.6) is 5.75 Å². The van der Waals surface area contributed by atoms with Crippen LogP contribution >= 0.6 is 11.6 Å². The Kier molecular flexibility index (Phi) is 3.69. The lowest BCUT2D eigenvalue weighted by Gasteiger charge is -2.08. The minimum absolute atomic E-state index is 0.476. The Morgan fingerprint density at radius 1 is 1.29 bits per heavy atom. The van der Waals surface area contributed by atoms with Crippen LogP contribution in [-0.4, -0.2) is 9.55 Å². The van der Waals surface area contributed by atoms with Gasteiger partial charge in [0.05, 0.1) is 0 Å². The number of nitrogens with zero attached hydrogens (tertiary/aromatic N) is 2. The van der Waals surface area contributed by atoms with E-state index in [9.17, 15) is 0 Å². The fraction of sp³-hybridized carbons (Fsp3) is 0.308. The van der Waals surface area contributed by atoms with Crippen LogP contribution in [0.4, 0.5) is 0 Å². The summed E-state index contributed by atoms with van der Waals surface area (Å²) in [6, 6.07) is 7.34. The molecule has 2 aromatic rings. The van der Waals surface area contributed by atoms with E-state index in [2.05, 4.69) is 16.5 Å². The van der Waals surface area contributed by atoms with Crippen molar-refractivity contribution in [1.82, 2.24) is 9.55 Å². The summed E-state index contributed by atoms with van der Waals surface area (Å²) in [5.41, 5.74) is 1.15. The van der Waals surface area contributed by atoms with Crippen molar-refractivity contribution < 1.29 is 4.74 Å². The fourth-order valence-corrected chi connectivity index (χ4v) is 1.86. The Morgan fingerprint density at radius 2 is 2.00 bits per heavy atom. The van der Waals surface area contributed by atoms with Crippen molar-refractivity contribution >= 4 is 11.6 Å². The van der Waals surface area contributed by atoms with Crippen LogP contribution < -0.4 is 4.74 Å². The lowest BCUT2D eigenvalue weighted by Crippen LogP contribution is -2.07. The van der Waals surface area contributed by atoms with Crippen LogP contribution in [0.3, 0.4) is 0 Å². The average molecular weight is 251 g/mol. The first-order valence-electron chi connectivity index (χ1n) is 5.60. The Labute approximate surface area is 106 Å². The minimum atomic E-state index is 0.476. The highest BCUT2D eigenvalue weighted by Crippen LogP contribution is 2.17. The van der Waals surface area contributed by atoms with E-state index in [-0.39, 0.29) is 0 Å². The summed E-state index contributed by atoms with van der Waals surface area (Å²) in [5, 5.41) is 0.711. The Hall–Kier alpha value is -1.48. The predicted molar refractivity (Wildman–Crippen MR) is 68.4 cm³/mol. The summed E-state index contributed by atoms with van der Waals surface area (Å²) >= 11 is 5.81. The lowest BCUT2D eigenvalue weighted by molar-refractivity contribution is 0.289. The van der Waals surface area contributed by atoms with Crippen molar-refractivity contribution in [3.8, 4) is 5.75 Å². The summed E-state index contributed by atoms with van der Waals surface area (Å²) < 4.78 is 7.80. The van der Waals surface area contributed by atoms with E-state index in [0.717, 1.165) is 23.8 Å². The molecule has 0 N–H and O–H groups in total. The maximum absolute atomic E-state index is 5.81. The number of ether oxygens (including phenoxy) is 1. The molecule has 90 valence electrons. The van der Waals surface area contributed by atoms with Crippen LogP contribution in [0, 0.1) is 6.92 Å². The molecular formula is C13H15ClN2O. The van der Waals surface area contributed by atoms with E-state index in [1.807, 2.05) is 37.4 Å². The van der Waals surface area contributed by atoms with E-state index in [0.29, 0.717) is 11.6 Å². The molecule has 1 aromatic carbocycles. The minimum Gasteiger partial charge on any atom is -0.486 e. The Bertz CT molecular complexity index is 491. The third-order valence-electron chi connectivity index (χ3n) is 2.64. The van der Waals surface area contributed by atoms with Crippen LogP contribution in [0.15, 0.2) is 30.5 Å². The van der Waals surface area contributed by atoms with Gasteiger partial charge < -0.3 is 9.30 Å². The number of hydrogen-bond donors (Lipinski definition) is 0. The third-order valence-corrected chi connectivity index (χ3v) is 2.89. The molecule has 0 spiro atoms. The fourth-order valence-electron chi connectivity index (χ4n) is 1.74. The molecule has 0 atom stereocenters. The number of halogens is 1. The van der Waals surface area contributed by atoms with Gasteiger partial charge in [0.1, 0.15) is 18.2 Å². The lowest BCUT2D eigenvalue weighted by atomic mass is 10.3. The SMILES string of the molecule is CCn1c(C)cnc1COc1ccc(Cl)cc1. The molecule has 3 nitrogen and oxygen atoms in total. The molecule has 0 bridgehead atoms. The van der Waals surface area contributed by atoms with E-state index >= 15 is 0 Å². The van der Waals surface area contributed by atoms with Crippen molar-refractivity contribution in [1.29, 1.82) is 0 Å². The van der Waals surface area contributed by atoms with Crippen LogP contribution in [0.1, 0.15) is 18.4 Å². The summed E-state index contributed by atoms with van der Waals surface area (Å²) in [7, 11) is 0. The normalized spacial score (nSPS) is 10.5. The van der Waals surface area contributed by atoms with Gasteiger partial charge in [-0.3, -0.25) is 0 Å². The first-order chi connectivity index (χ1) is 8.20. The van der Waals surface area contributed by atoms with Gasteiger partial charge in [0.2, 0.25) is 0 Å². The Morgan fingerprint density at radius 3 is 2.65 bits per heavy atom. The number of hydrogen-bond acceptors (Lipinski definition) is 2. The van der Waals surface area contributed by atoms with Gasteiger partial charge in [0.25, 0.3) is 0 Å². The van der Waals surface area contributed by atoms with Gasteiger partial charge in [-0.25, -0.2) is 4.98 Å². The highest BCUT2D eigenvalue weighted by molar-refractivity contribution is 6.30. The van der Waals surface area contributed by atoms with Crippen molar-refractivity contribution in [2.75, 3.05) is 0 Å². The van der Waals surface area contributed by atoms with E-state index in [1.165, 1.54) is 0 Å². The number of rotatable bonds is 4. The monoisotopic (exact) mass is 250 g/mol. The number of aryl methyl sites for hydroxylation is 1. The molecule has 0 saturated carbocycles. The molecule has 0 aliphatic heterocycles. The second kappa shape index (κ2) is 5.23. The second-order valence-electron chi connectivity index (χ2n) is 3.80. The quantitative estimate of drug-likeness (QED) is 0.831. The largest absolute Gasteiger partial charge is 0.486 e. The highest BCUT2D eigenvalue weighted by atomic mass is 35.5. The molecule has 0 saturated heterocycles. The predicted octanol–water partition coefficient (Wildman–Crippen LogP) is 3.44. The topological polar surface area (TPSA) is 27.1 Å². The molecule has 4 heteroatoms. The third kappa shape index (κ3) is 2.80. The average Bonchev–Trinajstić information content (AvgIpc) is 2.69. The molecule has 0 fully saturated rings. The molecule has 2 rings (SSSR count). The van der Waals surface area contributed by atoms with Gasteiger partial charge in [-0.15, -0.1) is 0 Å². The molecule has 1 heterocycles. The maximum atomic E-state index is 5.81. The molecule has 0 amide bonds. The van der Waals surface area contributed by atoms with Crippen LogP contribution in [-0.2, 0) is 13.2 Å². The van der Waals surface area contributed by atoms with Crippen LogP contribution in [0.2, 0.25) is 5.02 Å². The maximum Gasteiger partial charge on any atom is 0.146 e. The number of benzene rings is 1. The first-order valence-corrected chi connectivity index (χ1v) is 5.98. The molecule has 0 radical (unpaired) electrons. The van der Waals surface area contributed by atoms with Crippen molar-refractivity contribution in [2.24, 2.45) is 0 Å². The van der Waals surface area contributed by atoms with Gasteiger partial charge in [-0.1, -0.05) is 11.6 Å². The zero-order valence-electron chi connectivity index (χ0n) is 9.98. The van der Waals surface area contributed by atoms with E-state index in [4.69, 9.17) is 16.3 Å². The van der Waals surface area contributed by atoms with Gasteiger partial charge >= 0.3 is 0 Å². The molecule has 0 unspecified atom stereocenters. The van der Waals surface area contributed by atoms with Gasteiger partial charge in [-0.05, 0) is 38.1 Å². The molecule has 0 aliphatic rings. The number of aromatic nitrogens is 2. The van der Waals surface area contributed by atoms with Crippen molar-refractivity contribution in [3.05, 3.63) is 47.0 Å². The zero-order chi connectivity index (χ0) is 12.3. The standard InChI is InChI=1S/C13H15ClN2O/c1-3-16-10(2)8-15-13(16)9-17-12-6-4-11(14)5-7-12/h4-8H,3,9H2,1-2H3. The molecular weight excluding hydrogens is 236 g/mol. The molecule has 0 aliphatic carbocycles. The Balaban J connectivity index is 2.04. The van der Waals surface area contributed by atoms with Gasteiger partial charge in [0.15, 0.2) is 0 Å². The number of imidazole rings is 1. The highest BCUT2D eigenvalue weighted by Gasteiger charge is 2.05. The second-order valence-corrected chi connectivity index (χ2v) is 4.24. The summed E-state index contributed by atoms with van der Waals surface area (Å²) in [4.78, 5) is 4.33. The van der Waals surface area contributed by atoms with Gasteiger partial charge in [-0.2, -0.15) is 0 Å².